The lowest BCUT2D eigenvalue weighted by atomic mass is 10.0. The summed E-state index contributed by atoms with van der Waals surface area (Å²) >= 11 is 0. The number of aromatic nitrogens is 4. The van der Waals surface area contributed by atoms with E-state index >= 15 is 0 Å². The van der Waals surface area contributed by atoms with E-state index < -0.39 is 0 Å². The van der Waals surface area contributed by atoms with Crippen LogP contribution in [-0.4, -0.2) is 64.7 Å². The lowest BCUT2D eigenvalue weighted by Crippen LogP contribution is -2.54. The number of ether oxygens (including phenoxy) is 2. The zero-order valence-electron chi connectivity index (χ0n) is 20.5. The van der Waals surface area contributed by atoms with Crippen molar-refractivity contribution in [2.75, 3.05) is 37.5 Å². The first-order valence-corrected chi connectivity index (χ1v) is 11.6. The predicted molar refractivity (Wildman–Crippen MR) is 135 cm³/mol. The molecule has 1 saturated heterocycles. The molecule has 0 spiro atoms. The Hall–Kier alpha value is -3.92. The first kappa shape index (κ1) is 22.9. The Balaban J connectivity index is 1.55. The van der Waals surface area contributed by atoms with Crippen LogP contribution in [0.5, 0.6) is 11.8 Å². The van der Waals surface area contributed by atoms with E-state index in [1.165, 1.54) is 7.11 Å². The fraction of sp³-hybridized carbons (Fsp3) is 0.360. The lowest BCUT2D eigenvalue weighted by Gasteiger charge is -2.38. The van der Waals surface area contributed by atoms with Crippen LogP contribution >= 0.6 is 0 Å². The van der Waals surface area contributed by atoms with Crippen LogP contribution in [0.1, 0.15) is 29.9 Å². The van der Waals surface area contributed by atoms with Crippen molar-refractivity contribution in [3.05, 3.63) is 47.9 Å². The molecule has 1 amide bonds. The maximum Gasteiger partial charge on any atom is 0.260 e. The van der Waals surface area contributed by atoms with Gasteiger partial charge in [-0.2, -0.15) is 4.98 Å². The van der Waals surface area contributed by atoms with E-state index in [-0.39, 0.29) is 5.91 Å². The largest absolute Gasteiger partial charge is 0.481 e. The van der Waals surface area contributed by atoms with Crippen LogP contribution in [0.25, 0.3) is 16.6 Å². The summed E-state index contributed by atoms with van der Waals surface area (Å²) in [7, 11) is 3.09. The lowest BCUT2D eigenvalue weighted by molar-refractivity contribution is 0.102. The van der Waals surface area contributed by atoms with Crippen molar-refractivity contribution in [3.8, 4) is 11.8 Å². The van der Waals surface area contributed by atoms with Gasteiger partial charge in [0, 0.05) is 48.5 Å². The fourth-order valence-electron chi connectivity index (χ4n) is 4.75. The molecular formula is C25H29N7O3. The number of carbonyl (C=O) groups excluding carboxylic acids is 1. The summed E-state index contributed by atoms with van der Waals surface area (Å²) in [6, 6.07) is 8.30. The number of anilines is 2. The minimum absolute atomic E-state index is 0.324. The average molecular weight is 476 g/mol. The van der Waals surface area contributed by atoms with Gasteiger partial charge in [0.1, 0.15) is 0 Å². The Morgan fingerprint density at radius 1 is 1.03 bits per heavy atom. The number of fused-ring (bicyclic) bond motifs is 2. The molecule has 35 heavy (non-hydrogen) atoms. The van der Waals surface area contributed by atoms with Crippen LogP contribution in [0.3, 0.4) is 0 Å². The Morgan fingerprint density at radius 3 is 2.51 bits per heavy atom. The van der Waals surface area contributed by atoms with Gasteiger partial charge in [0.15, 0.2) is 5.82 Å². The molecule has 1 aliphatic heterocycles. The van der Waals surface area contributed by atoms with Gasteiger partial charge in [-0.25, -0.2) is 9.97 Å². The molecule has 0 aliphatic carbocycles. The first-order chi connectivity index (χ1) is 16.9. The van der Waals surface area contributed by atoms with Crippen LogP contribution in [0, 0.1) is 6.92 Å². The van der Waals surface area contributed by atoms with Gasteiger partial charge in [-0.15, -0.1) is 0 Å². The number of pyridine rings is 1. The number of imidazole rings is 1. The maximum absolute atomic E-state index is 13.4. The van der Waals surface area contributed by atoms with Crippen molar-refractivity contribution in [1.82, 2.24) is 24.7 Å². The summed E-state index contributed by atoms with van der Waals surface area (Å²) in [4.78, 5) is 29.3. The second-order valence-electron chi connectivity index (χ2n) is 8.96. The minimum Gasteiger partial charge on any atom is -0.481 e. The molecule has 4 heterocycles. The Bertz CT molecular complexity index is 1410. The number of amides is 1. The van der Waals surface area contributed by atoms with Gasteiger partial charge in [0.05, 0.1) is 37.2 Å². The molecule has 5 rings (SSSR count). The fourth-order valence-corrected chi connectivity index (χ4v) is 4.75. The molecular weight excluding hydrogens is 446 g/mol. The molecule has 0 radical (unpaired) electrons. The quantitative estimate of drug-likeness (QED) is 0.454. The monoisotopic (exact) mass is 475 g/mol. The Morgan fingerprint density at radius 2 is 1.80 bits per heavy atom. The van der Waals surface area contributed by atoms with Gasteiger partial charge in [-0.05, 0) is 39.0 Å². The van der Waals surface area contributed by atoms with Crippen LogP contribution in [0.15, 0.2) is 36.7 Å². The standard InChI is InChI=1S/C25H29N7O3/c1-14-10-31(11-15(2)26-14)19-8-6-18(22-17(19)7-9-21(30-22)34-4)24(33)28-20-13-32-12-16(3)27-23(32)25(29-20)35-5/h6-9,12-15,26H,10-11H2,1-5H3,(H,28,33)/t14-,15-/m0/s1. The van der Waals surface area contributed by atoms with E-state index in [0.717, 1.165) is 29.9 Å². The van der Waals surface area contributed by atoms with E-state index in [2.05, 4.69) is 44.3 Å². The van der Waals surface area contributed by atoms with E-state index in [1.807, 2.05) is 37.4 Å². The zero-order valence-corrected chi connectivity index (χ0v) is 20.5. The van der Waals surface area contributed by atoms with Gasteiger partial charge in [-0.1, -0.05) is 0 Å². The molecule has 2 N–H and O–H groups in total. The molecule has 0 saturated carbocycles. The van der Waals surface area contributed by atoms with Crippen LogP contribution in [0.4, 0.5) is 11.5 Å². The molecule has 1 fully saturated rings. The molecule has 0 bridgehead atoms. The van der Waals surface area contributed by atoms with E-state index in [9.17, 15) is 4.79 Å². The summed E-state index contributed by atoms with van der Waals surface area (Å²) in [6.07, 6.45) is 3.56. The minimum atomic E-state index is -0.324. The summed E-state index contributed by atoms with van der Waals surface area (Å²) in [6.45, 7) is 7.97. The van der Waals surface area contributed by atoms with Crippen molar-refractivity contribution in [1.29, 1.82) is 0 Å². The van der Waals surface area contributed by atoms with Gasteiger partial charge < -0.3 is 25.0 Å². The number of aryl methyl sites for hydroxylation is 1. The summed E-state index contributed by atoms with van der Waals surface area (Å²) < 4.78 is 12.5. The number of piperazine rings is 1. The highest BCUT2D eigenvalue weighted by molar-refractivity contribution is 6.13. The number of benzene rings is 1. The number of hydrogen-bond acceptors (Lipinski definition) is 8. The van der Waals surface area contributed by atoms with Gasteiger partial charge in [0.25, 0.3) is 11.8 Å². The van der Waals surface area contributed by atoms with Gasteiger partial charge in [-0.3, -0.25) is 9.20 Å². The number of rotatable bonds is 5. The third kappa shape index (κ3) is 4.32. The van der Waals surface area contributed by atoms with Crippen molar-refractivity contribution < 1.29 is 14.3 Å². The van der Waals surface area contributed by atoms with Crippen molar-refractivity contribution >= 4 is 34.0 Å². The van der Waals surface area contributed by atoms with Crippen LogP contribution in [-0.2, 0) is 0 Å². The van der Waals surface area contributed by atoms with E-state index in [0.29, 0.717) is 46.4 Å². The molecule has 10 nitrogen and oxygen atoms in total. The SMILES string of the molecule is COc1ccc2c(N3C[C@H](C)N[C@@H](C)C3)ccc(C(=O)Nc3cn4cc(C)nc4c(OC)n3)c2n1. The number of nitrogens with zero attached hydrogens (tertiary/aromatic N) is 5. The van der Waals surface area contributed by atoms with Gasteiger partial charge in [0.2, 0.25) is 11.5 Å². The highest BCUT2D eigenvalue weighted by atomic mass is 16.5. The normalized spacial score (nSPS) is 18.1. The first-order valence-electron chi connectivity index (χ1n) is 11.6. The maximum atomic E-state index is 13.4. The molecule has 0 unspecified atom stereocenters. The van der Waals surface area contributed by atoms with Crippen LogP contribution < -0.4 is 25.0 Å². The molecule has 2 atom stereocenters. The number of methoxy groups -OCH3 is 2. The van der Waals surface area contributed by atoms with Crippen LogP contribution in [0.2, 0.25) is 0 Å². The van der Waals surface area contributed by atoms with Crippen molar-refractivity contribution in [3.63, 3.8) is 0 Å². The van der Waals surface area contributed by atoms with Gasteiger partial charge >= 0.3 is 0 Å². The second kappa shape index (κ2) is 9.03. The molecule has 1 aliphatic rings. The summed E-state index contributed by atoms with van der Waals surface area (Å²) in [5.41, 5.74) is 3.46. The van der Waals surface area contributed by atoms with E-state index in [1.54, 1.807) is 17.7 Å². The smallest absolute Gasteiger partial charge is 0.260 e. The molecule has 182 valence electrons. The average Bonchev–Trinajstić information content (AvgIpc) is 3.21. The third-order valence-electron chi connectivity index (χ3n) is 6.12. The van der Waals surface area contributed by atoms with E-state index in [4.69, 9.17) is 9.47 Å². The number of nitrogens with one attached hydrogen (secondary N) is 2. The number of hydrogen-bond donors (Lipinski definition) is 2. The molecule has 1 aromatic carbocycles. The number of carbonyl (C=O) groups is 1. The third-order valence-corrected chi connectivity index (χ3v) is 6.12. The summed E-state index contributed by atoms with van der Waals surface area (Å²) in [5, 5.41) is 7.35. The summed E-state index contributed by atoms with van der Waals surface area (Å²) in [5.74, 6) is 0.801. The zero-order chi connectivity index (χ0) is 24.7. The molecule has 3 aromatic heterocycles. The molecule has 4 aromatic rings. The van der Waals surface area contributed by atoms with Crippen molar-refractivity contribution in [2.45, 2.75) is 32.9 Å². The van der Waals surface area contributed by atoms with Crippen molar-refractivity contribution in [2.24, 2.45) is 0 Å². The highest BCUT2D eigenvalue weighted by Crippen LogP contribution is 2.32. The Labute approximate surface area is 203 Å². The molecule has 10 heteroatoms. The second-order valence-corrected chi connectivity index (χ2v) is 8.96. The highest BCUT2D eigenvalue weighted by Gasteiger charge is 2.24. The predicted octanol–water partition coefficient (Wildman–Crippen LogP) is 3.04. The topological polar surface area (TPSA) is 106 Å². The Kier molecular flexibility index (Phi) is 5.89.